The van der Waals surface area contributed by atoms with Crippen LogP contribution in [-0.4, -0.2) is 69.8 Å². The lowest BCUT2D eigenvalue weighted by Crippen LogP contribution is -2.59. The molecule has 3 amide bonds. The van der Waals surface area contributed by atoms with Gasteiger partial charge in [-0.15, -0.1) is 0 Å². The fraction of sp³-hybridized carbons (Fsp3) is 0.737. The van der Waals surface area contributed by atoms with E-state index in [1.807, 2.05) is 6.92 Å². The van der Waals surface area contributed by atoms with E-state index in [1.165, 1.54) is 0 Å². The van der Waals surface area contributed by atoms with E-state index in [0.29, 0.717) is 12.8 Å². The molecule has 178 valence electrons. The Morgan fingerprint density at radius 1 is 0.839 bits per heavy atom. The Morgan fingerprint density at radius 2 is 1.32 bits per heavy atom. The van der Waals surface area contributed by atoms with Crippen LogP contribution in [0, 0.1) is 11.8 Å². The number of carboxylic acids is 2. The second-order valence-electron chi connectivity index (χ2n) is 7.52. The molecule has 0 aromatic heterocycles. The molecular weight excluding hydrogens is 428 g/mol. The van der Waals surface area contributed by atoms with Gasteiger partial charge in [0.2, 0.25) is 17.7 Å². The van der Waals surface area contributed by atoms with Gasteiger partial charge in [0.05, 0.1) is 12.5 Å². The van der Waals surface area contributed by atoms with Gasteiger partial charge < -0.3 is 31.9 Å². The highest BCUT2D eigenvalue weighted by atomic mass is 32.1. The number of hydrogen-bond acceptors (Lipinski definition) is 7. The Morgan fingerprint density at radius 3 is 1.74 bits per heavy atom. The van der Waals surface area contributed by atoms with Crippen molar-refractivity contribution in [1.29, 1.82) is 0 Å². The Balaban J connectivity index is 5.37. The summed E-state index contributed by atoms with van der Waals surface area (Å²) in [6, 6.07) is -4.82. The normalized spacial score (nSPS) is 16.7. The molecule has 0 rings (SSSR count). The summed E-state index contributed by atoms with van der Waals surface area (Å²) in [6.45, 7) is 7.01. The van der Waals surface area contributed by atoms with Gasteiger partial charge in [-0.1, -0.05) is 40.5 Å². The number of carboxylic acid groups (broad SMARTS) is 2. The van der Waals surface area contributed by atoms with Gasteiger partial charge in [-0.3, -0.25) is 19.2 Å². The topological polar surface area (TPSA) is 188 Å². The number of nitrogens with two attached hydrogens (primary N) is 1. The molecule has 31 heavy (non-hydrogen) atoms. The number of aliphatic carboxylic acids is 2. The van der Waals surface area contributed by atoms with E-state index in [0.717, 1.165) is 0 Å². The number of thiol groups is 1. The molecule has 7 N–H and O–H groups in total. The summed E-state index contributed by atoms with van der Waals surface area (Å²) in [4.78, 5) is 60.0. The molecule has 0 saturated carbocycles. The standard InChI is InChI=1S/C19H34N4O7S/c1-5-9(3)14(20)18(28)22-12(8-31)17(27)21-11(7-13(24)25)16(26)23-15(19(29)30)10(4)6-2/h9-12,14-15,31H,5-8,20H2,1-4H3,(H,21,27)(H,22,28)(H,23,26)(H,24,25)(H,29,30). The average Bonchev–Trinajstić information content (AvgIpc) is 2.72. The minimum absolute atomic E-state index is 0.128. The van der Waals surface area contributed by atoms with Gasteiger partial charge in [0, 0.05) is 5.75 Å². The molecule has 0 aliphatic rings. The van der Waals surface area contributed by atoms with E-state index in [-0.39, 0.29) is 11.7 Å². The van der Waals surface area contributed by atoms with Crippen molar-refractivity contribution in [2.75, 3.05) is 5.75 Å². The molecule has 0 aliphatic carbocycles. The average molecular weight is 463 g/mol. The lowest BCUT2D eigenvalue weighted by Gasteiger charge is -2.26. The summed E-state index contributed by atoms with van der Waals surface area (Å²) in [5.41, 5.74) is 5.85. The van der Waals surface area contributed by atoms with Crippen LogP contribution in [0.3, 0.4) is 0 Å². The largest absolute Gasteiger partial charge is 0.481 e. The first-order valence-corrected chi connectivity index (χ1v) is 10.7. The fourth-order valence-corrected chi connectivity index (χ4v) is 2.82. The molecule has 0 aliphatic heterocycles. The zero-order valence-corrected chi connectivity index (χ0v) is 19.1. The third kappa shape index (κ3) is 9.55. The molecule has 12 heteroatoms. The zero-order valence-electron chi connectivity index (χ0n) is 18.3. The van der Waals surface area contributed by atoms with Crippen LogP contribution in [0.25, 0.3) is 0 Å². The molecule has 0 aromatic carbocycles. The van der Waals surface area contributed by atoms with Crippen LogP contribution in [0.15, 0.2) is 0 Å². The minimum Gasteiger partial charge on any atom is -0.481 e. The van der Waals surface area contributed by atoms with E-state index in [2.05, 4.69) is 28.6 Å². The van der Waals surface area contributed by atoms with Crippen LogP contribution in [0.2, 0.25) is 0 Å². The van der Waals surface area contributed by atoms with Gasteiger partial charge in [0.15, 0.2) is 0 Å². The van der Waals surface area contributed by atoms with Gasteiger partial charge in [0.25, 0.3) is 0 Å². The molecular formula is C19H34N4O7S. The third-order valence-corrected chi connectivity index (χ3v) is 5.53. The van der Waals surface area contributed by atoms with E-state index in [9.17, 15) is 29.1 Å². The summed E-state index contributed by atoms with van der Waals surface area (Å²) in [6.07, 6.45) is 0.329. The summed E-state index contributed by atoms with van der Waals surface area (Å²) in [5, 5.41) is 25.4. The lowest BCUT2D eigenvalue weighted by molar-refractivity contribution is -0.144. The van der Waals surface area contributed by atoms with Crippen molar-refractivity contribution < 1.29 is 34.2 Å². The molecule has 0 bridgehead atoms. The Labute approximate surface area is 187 Å². The van der Waals surface area contributed by atoms with Gasteiger partial charge in [-0.2, -0.15) is 12.6 Å². The van der Waals surface area contributed by atoms with Crippen molar-refractivity contribution in [3.63, 3.8) is 0 Å². The van der Waals surface area contributed by atoms with Gasteiger partial charge in [-0.05, 0) is 11.8 Å². The highest BCUT2D eigenvalue weighted by molar-refractivity contribution is 7.80. The molecule has 0 radical (unpaired) electrons. The molecule has 11 nitrogen and oxygen atoms in total. The van der Waals surface area contributed by atoms with Crippen LogP contribution in [0.5, 0.6) is 0 Å². The van der Waals surface area contributed by atoms with Gasteiger partial charge in [0.1, 0.15) is 18.1 Å². The monoisotopic (exact) mass is 462 g/mol. The minimum atomic E-state index is -1.54. The molecule has 0 saturated heterocycles. The van der Waals surface area contributed by atoms with Crippen LogP contribution >= 0.6 is 12.6 Å². The predicted molar refractivity (Wildman–Crippen MR) is 116 cm³/mol. The fourth-order valence-electron chi connectivity index (χ4n) is 2.57. The van der Waals surface area contributed by atoms with Crippen molar-refractivity contribution in [2.24, 2.45) is 17.6 Å². The number of nitrogens with one attached hydrogen (secondary N) is 3. The van der Waals surface area contributed by atoms with E-state index >= 15 is 0 Å². The SMILES string of the molecule is CCC(C)C(N)C(=O)NC(CS)C(=O)NC(CC(=O)O)C(=O)NC(C(=O)O)C(C)CC. The number of carbonyl (C=O) groups excluding carboxylic acids is 3. The molecule has 0 aromatic rings. The zero-order chi connectivity index (χ0) is 24.3. The molecule has 6 atom stereocenters. The van der Waals surface area contributed by atoms with Crippen LogP contribution < -0.4 is 21.7 Å². The van der Waals surface area contributed by atoms with E-state index in [4.69, 9.17) is 10.8 Å². The van der Waals surface area contributed by atoms with Crippen molar-refractivity contribution in [3.8, 4) is 0 Å². The summed E-state index contributed by atoms with van der Waals surface area (Å²) >= 11 is 4.03. The number of rotatable bonds is 14. The quantitative estimate of drug-likeness (QED) is 0.166. The maximum atomic E-state index is 12.6. The summed E-state index contributed by atoms with van der Waals surface area (Å²) in [5.74, 6) is -5.71. The Kier molecular flexibility index (Phi) is 12.8. The number of hydrogen-bond donors (Lipinski definition) is 7. The first kappa shape index (κ1) is 28.7. The highest BCUT2D eigenvalue weighted by Gasteiger charge is 2.33. The Hall–Kier alpha value is -2.34. The van der Waals surface area contributed by atoms with Gasteiger partial charge >= 0.3 is 11.9 Å². The van der Waals surface area contributed by atoms with Crippen molar-refractivity contribution >= 4 is 42.3 Å². The van der Waals surface area contributed by atoms with Crippen molar-refractivity contribution in [3.05, 3.63) is 0 Å². The lowest BCUT2D eigenvalue weighted by atomic mass is 9.98. The maximum Gasteiger partial charge on any atom is 0.326 e. The smallest absolute Gasteiger partial charge is 0.326 e. The van der Waals surface area contributed by atoms with E-state index < -0.39 is 66.2 Å². The first-order valence-electron chi connectivity index (χ1n) is 10.1. The second-order valence-corrected chi connectivity index (χ2v) is 7.89. The van der Waals surface area contributed by atoms with Crippen molar-refractivity contribution in [1.82, 2.24) is 16.0 Å². The Bertz CT molecular complexity index is 661. The maximum absolute atomic E-state index is 12.6. The molecule has 6 unspecified atom stereocenters. The van der Waals surface area contributed by atoms with Crippen molar-refractivity contribution in [2.45, 2.75) is 71.1 Å². The molecule has 0 spiro atoms. The van der Waals surface area contributed by atoms with E-state index in [1.54, 1.807) is 20.8 Å². The van der Waals surface area contributed by atoms with Crippen LogP contribution in [0.1, 0.15) is 47.0 Å². The number of amides is 3. The van der Waals surface area contributed by atoms with Crippen LogP contribution in [-0.2, 0) is 24.0 Å². The highest BCUT2D eigenvalue weighted by Crippen LogP contribution is 2.09. The third-order valence-electron chi connectivity index (χ3n) is 5.16. The second kappa shape index (κ2) is 13.9. The van der Waals surface area contributed by atoms with Crippen LogP contribution in [0.4, 0.5) is 0 Å². The first-order chi connectivity index (χ1) is 14.4. The molecule has 0 fully saturated rings. The summed E-state index contributed by atoms with van der Waals surface area (Å²) in [7, 11) is 0. The summed E-state index contributed by atoms with van der Waals surface area (Å²) < 4.78 is 0. The molecule has 0 heterocycles. The number of carbonyl (C=O) groups is 5. The van der Waals surface area contributed by atoms with Gasteiger partial charge in [-0.25, -0.2) is 4.79 Å². The predicted octanol–water partition coefficient (Wildman–Crippen LogP) is -0.651.